The standard InChI is InChI=1S/C12H13FN6O/c1-19-11(7(6-16-19)10(14)15)18-12(20)17-9-5-3-2-4-8(9)13/h2-6H,1H3,(H3,14,15)(H2,17,18,20). The summed E-state index contributed by atoms with van der Waals surface area (Å²) in [4.78, 5) is 11.8. The van der Waals surface area contributed by atoms with Gasteiger partial charge in [-0.15, -0.1) is 0 Å². The van der Waals surface area contributed by atoms with E-state index in [0.29, 0.717) is 0 Å². The minimum Gasteiger partial charge on any atom is -0.384 e. The number of aryl methyl sites for hydroxylation is 1. The molecule has 1 aromatic carbocycles. The zero-order valence-electron chi connectivity index (χ0n) is 10.6. The highest BCUT2D eigenvalue weighted by Crippen LogP contribution is 2.15. The van der Waals surface area contributed by atoms with Crippen LogP contribution in [0.1, 0.15) is 5.56 Å². The molecular formula is C12H13FN6O. The second-order valence-corrected chi connectivity index (χ2v) is 4.00. The average Bonchev–Trinajstić information content (AvgIpc) is 2.74. The smallest absolute Gasteiger partial charge is 0.324 e. The summed E-state index contributed by atoms with van der Waals surface area (Å²) < 4.78 is 14.8. The fraction of sp³-hybridized carbons (Fsp3) is 0.0833. The Bertz CT molecular complexity index is 666. The lowest BCUT2D eigenvalue weighted by Gasteiger charge is -2.09. The number of amides is 2. The molecule has 7 nitrogen and oxygen atoms in total. The van der Waals surface area contributed by atoms with Crippen LogP contribution in [0.2, 0.25) is 0 Å². The number of nitrogens with zero attached hydrogens (tertiary/aromatic N) is 2. The summed E-state index contributed by atoms with van der Waals surface area (Å²) in [5.74, 6) is -0.509. The average molecular weight is 276 g/mol. The van der Waals surface area contributed by atoms with Gasteiger partial charge in [0.1, 0.15) is 17.5 Å². The first kappa shape index (κ1) is 13.5. The largest absolute Gasteiger partial charge is 0.384 e. The Morgan fingerprint density at radius 1 is 1.40 bits per heavy atom. The van der Waals surface area contributed by atoms with Crippen molar-refractivity contribution in [1.29, 1.82) is 5.41 Å². The number of benzene rings is 1. The molecule has 1 heterocycles. The summed E-state index contributed by atoms with van der Waals surface area (Å²) in [6.07, 6.45) is 1.36. The number of hydrogen-bond acceptors (Lipinski definition) is 3. The molecule has 20 heavy (non-hydrogen) atoms. The van der Waals surface area contributed by atoms with Gasteiger partial charge in [-0.2, -0.15) is 5.10 Å². The number of nitrogen functional groups attached to an aromatic ring is 1. The summed E-state index contributed by atoms with van der Waals surface area (Å²) in [5, 5.41) is 16.1. The maximum absolute atomic E-state index is 13.4. The van der Waals surface area contributed by atoms with Gasteiger partial charge >= 0.3 is 6.03 Å². The highest BCUT2D eigenvalue weighted by Gasteiger charge is 2.14. The molecule has 0 atom stereocenters. The molecule has 0 aliphatic rings. The number of anilines is 2. The number of rotatable bonds is 3. The molecular weight excluding hydrogens is 263 g/mol. The Hall–Kier alpha value is -2.90. The molecule has 0 unspecified atom stereocenters. The molecule has 0 saturated carbocycles. The van der Waals surface area contributed by atoms with E-state index in [1.165, 1.54) is 29.1 Å². The second kappa shape index (κ2) is 5.39. The van der Waals surface area contributed by atoms with E-state index in [9.17, 15) is 9.18 Å². The molecule has 0 aliphatic heterocycles. The highest BCUT2D eigenvalue weighted by molar-refractivity contribution is 6.05. The summed E-state index contributed by atoms with van der Waals surface area (Å²) in [6.45, 7) is 0. The number of halogens is 1. The minimum absolute atomic E-state index is 0.0524. The fourth-order valence-electron chi connectivity index (χ4n) is 1.61. The molecule has 0 aliphatic carbocycles. The van der Waals surface area contributed by atoms with E-state index in [0.717, 1.165) is 0 Å². The molecule has 2 aromatic rings. The van der Waals surface area contributed by atoms with Crippen LogP contribution in [0.3, 0.4) is 0 Å². The van der Waals surface area contributed by atoms with Crippen molar-refractivity contribution in [3.63, 3.8) is 0 Å². The molecule has 0 fully saturated rings. The van der Waals surface area contributed by atoms with Crippen molar-refractivity contribution in [2.24, 2.45) is 12.8 Å². The molecule has 0 saturated heterocycles. The Labute approximate surface area is 114 Å². The van der Waals surface area contributed by atoms with Crippen molar-refractivity contribution in [2.45, 2.75) is 0 Å². The zero-order chi connectivity index (χ0) is 14.7. The molecule has 0 bridgehead atoms. The van der Waals surface area contributed by atoms with Gasteiger partial charge in [0.15, 0.2) is 0 Å². The number of carbonyl (C=O) groups excluding carboxylic acids is 1. The van der Waals surface area contributed by atoms with E-state index in [1.54, 1.807) is 13.1 Å². The molecule has 0 radical (unpaired) electrons. The van der Waals surface area contributed by atoms with Crippen LogP contribution in [0.4, 0.5) is 20.7 Å². The van der Waals surface area contributed by atoms with E-state index in [2.05, 4.69) is 15.7 Å². The third-order valence-electron chi connectivity index (χ3n) is 2.58. The Balaban J connectivity index is 2.15. The maximum atomic E-state index is 13.4. The van der Waals surface area contributed by atoms with E-state index in [1.807, 2.05) is 0 Å². The van der Waals surface area contributed by atoms with Crippen molar-refractivity contribution in [1.82, 2.24) is 9.78 Å². The molecule has 2 amide bonds. The molecule has 0 spiro atoms. The van der Waals surface area contributed by atoms with Crippen molar-refractivity contribution < 1.29 is 9.18 Å². The van der Waals surface area contributed by atoms with Crippen LogP contribution >= 0.6 is 0 Å². The van der Waals surface area contributed by atoms with Gasteiger partial charge in [0.2, 0.25) is 0 Å². The number of nitrogens with two attached hydrogens (primary N) is 1. The first-order valence-electron chi connectivity index (χ1n) is 5.68. The predicted molar refractivity (Wildman–Crippen MR) is 73.3 cm³/mol. The summed E-state index contributed by atoms with van der Waals surface area (Å²) in [5.41, 5.74) is 5.72. The normalized spacial score (nSPS) is 10.1. The topological polar surface area (TPSA) is 109 Å². The third-order valence-corrected chi connectivity index (χ3v) is 2.58. The number of hydrogen-bond donors (Lipinski definition) is 4. The number of aromatic nitrogens is 2. The van der Waals surface area contributed by atoms with Crippen LogP contribution in [0.25, 0.3) is 0 Å². The van der Waals surface area contributed by atoms with Gasteiger partial charge in [0.25, 0.3) is 0 Å². The fourth-order valence-corrected chi connectivity index (χ4v) is 1.61. The van der Waals surface area contributed by atoms with E-state index >= 15 is 0 Å². The van der Waals surface area contributed by atoms with E-state index in [-0.39, 0.29) is 22.9 Å². The van der Waals surface area contributed by atoms with Crippen molar-refractivity contribution in [3.05, 3.63) is 41.8 Å². The van der Waals surface area contributed by atoms with Crippen LogP contribution in [-0.2, 0) is 7.05 Å². The molecule has 1 aromatic heterocycles. The summed E-state index contributed by atoms with van der Waals surface area (Å²) in [7, 11) is 1.59. The lowest BCUT2D eigenvalue weighted by Crippen LogP contribution is -2.24. The highest BCUT2D eigenvalue weighted by atomic mass is 19.1. The second-order valence-electron chi connectivity index (χ2n) is 4.00. The van der Waals surface area contributed by atoms with Crippen LogP contribution < -0.4 is 16.4 Å². The van der Waals surface area contributed by atoms with Crippen molar-refractivity contribution in [2.75, 3.05) is 10.6 Å². The van der Waals surface area contributed by atoms with Crippen LogP contribution in [0, 0.1) is 11.2 Å². The Kier molecular flexibility index (Phi) is 3.65. The van der Waals surface area contributed by atoms with Gasteiger partial charge in [-0.3, -0.25) is 15.4 Å². The van der Waals surface area contributed by atoms with Crippen LogP contribution in [-0.4, -0.2) is 21.6 Å². The number of carbonyl (C=O) groups is 1. The lowest BCUT2D eigenvalue weighted by atomic mass is 10.3. The Morgan fingerprint density at radius 3 is 2.75 bits per heavy atom. The number of amidine groups is 1. The lowest BCUT2D eigenvalue weighted by molar-refractivity contribution is 0.262. The maximum Gasteiger partial charge on any atom is 0.324 e. The van der Waals surface area contributed by atoms with Gasteiger partial charge in [-0.1, -0.05) is 12.1 Å². The van der Waals surface area contributed by atoms with Crippen LogP contribution in [0.15, 0.2) is 30.5 Å². The van der Waals surface area contributed by atoms with Gasteiger partial charge in [-0.25, -0.2) is 9.18 Å². The van der Waals surface area contributed by atoms with E-state index in [4.69, 9.17) is 11.1 Å². The van der Waals surface area contributed by atoms with Gasteiger partial charge in [0.05, 0.1) is 17.4 Å². The van der Waals surface area contributed by atoms with Gasteiger partial charge in [-0.05, 0) is 12.1 Å². The first-order valence-corrected chi connectivity index (χ1v) is 5.68. The molecule has 104 valence electrons. The quantitative estimate of drug-likeness (QED) is 0.503. The third kappa shape index (κ3) is 2.74. The number of para-hydroxylation sites is 1. The number of nitrogens with one attached hydrogen (secondary N) is 3. The molecule has 8 heteroatoms. The predicted octanol–water partition coefficient (Wildman–Crippen LogP) is 1.49. The van der Waals surface area contributed by atoms with E-state index < -0.39 is 11.8 Å². The zero-order valence-corrected chi connectivity index (χ0v) is 10.6. The first-order chi connectivity index (χ1) is 9.49. The van der Waals surface area contributed by atoms with Crippen molar-refractivity contribution >= 4 is 23.4 Å². The summed E-state index contributed by atoms with van der Waals surface area (Å²) >= 11 is 0. The van der Waals surface area contributed by atoms with Gasteiger partial charge in [0, 0.05) is 7.05 Å². The molecule has 5 N–H and O–H groups in total. The van der Waals surface area contributed by atoms with Gasteiger partial charge < -0.3 is 11.1 Å². The summed E-state index contributed by atoms with van der Waals surface area (Å²) in [6, 6.07) is 5.14. The minimum atomic E-state index is -0.652. The number of urea groups is 1. The molecule has 2 rings (SSSR count). The van der Waals surface area contributed by atoms with Crippen molar-refractivity contribution in [3.8, 4) is 0 Å². The Morgan fingerprint density at radius 2 is 2.10 bits per heavy atom. The SMILES string of the molecule is Cn1ncc(C(=N)N)c1NC(=O)Nc1ccccc1F. The monoisotopic (exact) mass is 276 g/mol. The van der Waals surface area contributed by atoms with Crippen LogP contribution in [0.5, 0.6) is 0 Å².